The van der Waals surface area contributed by atoms with E-state index in [0.29, 0.717) is 11.4 Å². The zero-order valence-electron chi connectivity index (χ0n) is 22.0. The van der Waals surface area contributed by atoms with E-state index in [0.717, 1.165) is 47.9 Å². The fourth-order valence-electron chi connectivity index (χ4n) is 5.46. The fourth-order valence-corrected chi connectivity index (χ4v) is 5.46. The number of hydrogen-bond donors (Lipinski definition) is 0. The summed E-state index contributed by atoms with van der Waals surface area (Å²) in [6, 6.07) is 21.9. The van der Waals surface area contributed by atoms with Crippen LogP contribution in [0.3, 0.4) is 0 Å². The number of esters is 1. The van der Waals surface area contributed by atoms with E-state index in [9.17, 15) is 9.59 Å². The van der Waals surface area contributed by atoms with Gasteiger partial charge in [-0.25, -0.2) is 9.64 Å². The van der Waals surface area contributed by atoms with Gasteiger partial charge in [0, 0.05) is 13.0 Å². The van der Waals surface area contributed by atoms with Crippen molar-refractivity contribution in [3.63, 3.8) is 0 Å². The predicted molar refractivity (Wildman–Crippen MR) is 146 cm³/mol. The van der Waals surface area contributed by atoms with Gasteiger partial charge in [0.2, 0.25) is 5.69 Å². The van der Waals surface area contributed by atoms with Gasteiger partial charge in [-0.3, -0.25) is 4.79 Å². The number of ether oxygens (including phenoxy) is 3. The molecule has 1 heterocycles. The van der Waals surface area contributed by atoms with Crippen LogP contribution in [-0.4, -0.2) is 36.0 Å². The van der Waals surface area contributed by atoms with Gasteiger partial charge < -0.3 is 19.1 Å². The van der Waals surface area contributed by atoms with E-state index in [2.05, 4.69) is 4.85 Å². The molecule has 1 aliphatic heterocycles. The maximum absolute atomic E-state index is 14.2. The molecule has 3 aromatic carbocycles. The second-order valence-electron chi connectivity index (χ2n) is 9.98. The first kappa shape index (κ1) is 26.5. The third-order valence-electron chi connectivity index (χ3n) is 7.51. The maximum atomic E-state index is 14.2. The summed E-state index contributed by atoms with van der Waals surface area (Å²) in [6.45, 7) is 8.17. The fraction of sp³-hybridized carbons (Fsp3) is 0.344. The van der Waals surface area contributed by atoms with Crippen LogP contribution in [0.5, 0.6) is 5.75 Å². The minimum atomic E-state index is -0.867. The van der Waals surface area contributed by atoms with Gasteiger partial charge in [0.25, 0.3) is 5.91 Å². The van der Waals surface area contributed by atoms with Gasteiger partial charge in [0.05, 0.1) is 19.8 Å². The minimum absolute atomic E-state index is 0.00650. The molecule has 7 heteroatoms. The Morgan fingerprint density at radius 1 is 1.00 bits per heavy atom. The molecule has 200 valence electrons. The molecule has 1 unspecified atom stereocenters. The molecule has 1 saturated carbocycles. The predicted octanol–water partition coefficient (Wildman–Crippen LogP) is 5.94. The Hall–Kier alpha value is -4.15. The Kier molecular flexibility index (Phi) is 8.24. The summed E-state index contributed by atoms with van der Waals surface area (Å²) in [5, 5.41) is 0. The lowest BCUT2D eigenvalue weighted by molar-refractivity contribution is -0.161. The van der Waals surface area contributed by atoms with Crippen LogP contribution in [-0.2, 0) is 38.6 Å². The van der Waals surface area contributed by atoms with Gasteiger partial charge in [-0.05, 0) is 35.1 Å². The van der Waals surface area contributed by atoms with Crippen LogP contribution in [0.15, 0.2) is 72.8 Å². The average Bonchev–Trinajstić information content (AvgIpc) is 3.51. The lowest BCUT2D eigenvalue weighted by atomic mass is 9.91. The van der Waals surface area contributed by atoms with Crippen molar-refractivity contribution in [1.82, 2.24) is 4.90 Å². The van der Waals surface area contributed by atoms with Crippen LogP contribution in [0.4, 0.5) is 5.69 Å². The molecule has 1 aliphatic carbocycles. The van der Waals surface area contributed by atoms with Crippen molar-refractivity contribution >= 4 is 17.6 Å². The topological polar surface area (TPSA) is 69.4 Å². The van der Waals surface area contributed by atoms with Crippen molar-refractivity contribution in [3.8, 4) is 5.75 Å². The Morgan fingerprint density at radius 3 is 2.36 bits per heavy atom. The van der Waals surface area contributed by atoms with Crippen LogP contribution in [0.1, 0.15) is 54.0 Å². The third-order valence-corrected chi connectivity index (χ3v) is 7.51. The highest BCUT2D eigenvalue weighted by atomic mass is 16.5. The molecule has 2 atom stereocenters. The Labute approximate surface area is 229 Å². The maximum Gasteiger partial charge on any atom is 0.328 e. The van der Waals surface area contributed by atoms with Gasteiger partial charge in [-0.1, -0.05) is 85.6 Å². The average molecular weight is 525 g/mol. The smallest absolute Gasteiger partial charge is 0.328 e. The summed E-state index contributed by atoms with van der Waals surface area (Å²) in [5.41, 5.74) is 3.70. The molecule has 5 rings (SSSR count). The van der Waals surface area contributed by atoms with Crippen LogP contribution in [0.2, 0.25) is 0 Å². The largest absolute Gasteiger partial charge is 0.500 e. The van der Waals surface area contributed by atoms with Crippen molar-refractivity contribution in [1.29, 1.82) is 0 Å². The van der Waals surface area contributed by atoms with Gasteiger partial charge in [0.1, 0.15) is 18.4 Å². The Morgan fingerprint density at radius 2 is 1.69 bits per heavy atom. The van der Waals surface area contributed by atoms with Crippen molar-refractivity contribution in [2.75, 3.05) is 7.11 Å². The number of rotatable bonds is 8. The van der Waals surface area contributed by atoms with E-state index < -0.39 is 18.1 Å². The van der Waals surface area contributed by atoms with Crippen LogP contribution in [0, 0.1) is 6.57 Å². The van der Waals surface area contributed by atoms with E-state index >= 15 is 0 Å². The van der Waals surface area contributed by atoms with Gasteiger partial charge >= 0.3 is 5.97 Å². The number of nitrogens with zero attached hydrogens (tertiary/aromatic N) is 2. The number of carbonyl (C=O) groups excluding carboxylic acids is 2. The summed E-state index contributed by atoms with van der Waals surface area (Å²) < 4.78 is 17.7. The number of carbonyl (C=O) groups is 2. The molecule has 0 bridgehead atoms. The standard InChI is InChI=1S/C32H32N2O5/c1-33-27-18-17-24-20-34(31(35)29(23-13-7-4-8-14-23)39-25-15-9-10-16-25)28(32(36)37-2)19-26(24)30(27)38-21-22-11-5-3-6-12-22/h3-8,11-14,17-18,25,28-29H,9-10,15-16,19-21H2,2H3/t28?,29-/m0/s1. The molecule has 39 heavy (non-hydrogen) atoms. The highest BCUT2D eigenvalue weighted by molar-refractivity contribution is 5.89. The monoisotopic (exact) mass is 524 g/mol. The van der Waals surface area contributed by atoms with Crippen LogP contribution >= 0.6 is 0 Å². The highest BCUT2D eigenvalue weighted by Gasteiger charge is 2.41. The zero-order valence-corrected chi connectivity index (χ0v) is 22.0. The van der Waals surface area contributed by atoms with Gasteiger partial charge in [-0.15, -0.1) is 0 Å². The van der Waals surface area contributed by atoms with Crippen LogP contribution < -0.4 is 4.74 Å². The second kappa shape index (κ2) is 12.1. The second-order valence-corrected chi connectivity index (χ2v) is 9.98. The summed E-state index contributed by atoms with van der Waals surface area (Å²) in [5.74, 6) is -0.326. The van der Waals surface area contributed by atoms with E-state index in [1.54, 1.807) is 11.0 Å². The number of amides is 1. The summed E-state index contributed by atoms with van der Waals surface area (Å²) in [7, 11) is 1.33. The molecule has 1 fully saturated rings. The van der Waals surface area contributed by atoms with E-state index in [4.69, 9.17) is 20.8 Å². The highest BCUT2D eigenvalue weighted by Crippen LogP contribution is 2.40. The lowest BCUT2D eigenvalue weighted by Crippen LogP contribution is -2.51. The summed E-state index contributed by atoms with van der Waals surface area (Å²) >= 11 is 0. The summed E-state index contributed by atoms with van der Waals surface area (Å²) in [6.07, 6.45) is 3.37. The molecule has 0 N–H and O–H groups in total. The van der Waals surface area contributed by atoms with Crippen molar-refractivity contribution in [2.24, 2.45) is 0 Å². The van der Waals surface area contributed by atoms with E-state index in [1.807, 2.05) is 66.7 Å². The molecule has 0 saturated heterocycles. The molecule has 0 spiro atoms. The first-order chi connectivity index (χ1) is 19.1. The molecule has 0 aromatic heterocycles. The van der Waals surface area contributed by atoms with E-state index in [-0.39, 0.29) is 31.6 Å². The molecule has 0 radical (unpaired) electrons. The Balaban J connectivity index is 1.48. The molecular weight excluding hydrogens is 492 g/mol. The number of fused-ring (bicyclic) bond motifs is 1. The van der Waals surface area contributed by atoms with Crippen LogP contribution in [0.25, 0.3) is 4.85 Å². The van der Waals surface area contributed by atoms with Crippen molar-refractivity contribution < 1.29 is 23.8 Å². The van der Waals surface area contributed by atoms with E-state index in [1.165, 1.54) is 7.11 Å². The first-order valence-electron chi connectivity index (χ1n) is 13.4. The third kappa shape index (κ3) is 5.81. The van der Waals surface area contributed by atoms with Gasteiger partial charge in [-0.2, -0.15) is 0 Å². The molecule has 3 aromatic rings. The number of methoxy groups -OCH3 is 1. The minimum Gasteiger partial charge on any atom is -0.500 e. The first-order valence-corrected chi connectivity index (χ1v) is 13.4. The molecule has 7 nitrogen and oxygen atoms in total. The summed E-state index contributed by atoms with van der Waals surface area (Å²) in [4.78, 5) is 32.5. The van der Waals surface area contributed by atoms with Crippen molar-refractivity contribution in [2.45, 2.75) is 63.5 Å². The number of benzene rings is 3. The zero-order chi connectivity index (χ0) is 27.2. The number of hydrogen-bond acceptors (Lipinski definition) is 5. The van der Waals surface area contributed by atoms with Gasteiger partial charge in [0.15, 0.2) is 6.10 Å². The lowest BCUT2D eigenvalue weighted by Gasteiger charge is -2.38. The normalized spacial score (nSPS) is 17.6. The molecule has 2 aliphatic rings. The SMILES string of the molecule is [C-]#[N+]c1ccc2c(c1OCc1ccccc1)CC(C(=O)OC)N(C(=O)[C@@H](OC1CCCC1)c1ccccc1)C2. The molecule has 1 amide bonds. The quantitative estimate of drug-likeness (QED) is 0.269. The van der Waals surface area contributed by atoms with Crippen molar-refractivity contribution in [3.05, 3.63) is 106 Å². The molecular formula is C32H32N2O5. The Bertz CT molecular complexity index is 1350.